The van der Waals surface area contributed by atoms with Crippen LogP contribution in [0.1, 0.15) is 45.8 Å². The van der Waals surface area contributed by atoms with Crippen molar-refractivity contribution < 1.29 is 50.5 Å². The number of halogens is 3. The molecule has 0 bridgehead atoms. The maximum absolute atomic E-state index is 13.5. The van der Waals surface area contributed by atoms with Gasteiger partial charge in [0.1, 0.15) is 13.2 Å². The number of rotatable bonds is 12. The zero-order valence-electron chi connectivity index (χ0n) is 27.2. The van der Waals surface area contributed by atoms with E-state index < -0.39 is 64.1 Å². The van der Waals surface area contributed by atoms with Gasteiger partial charge >= 0.3 is 12.3 Å². The summed E-state index contributed by atoms with van der Waals surface area (Å²) in [7, 11) is -4.49. The van der Waals surface area contributed by atoms with E-state index in [1.807, 2.05) is 6.92 Å². The highest BCUT2D eigenvalue weighted by Gasteiger charge is 2.37. The van der Waals surface area contributed by atoms with Crippen molar-refractivity contribution in [2.45, 2.75) is 37.9 Å². The molecule has 15 nitrogen and oxygen atoms in total. The van der Waals surface area contributed by atoms with Crippen molar-refractivity contribution in [2.24, 2.45) is 5.28 Å². The molecule has 51 heavy (non-hydrogen) atoms. The Hall–Kier alpha value is -5.98. The fraction of sp³-hybridized carbons (Fsp3) is 0.250. The third-order valence-corrected chi connectivity index (χ3v) is 8.85. The van der Waals surface area contributed by atoms with Crippen LogP contribution in [-0.4, -0.2) is 76.9 Å². The molecule has 19 heteroatoms. The Labute approximate surface area is 289 Å². The van der Waals surface area contributed by atoms with Gasteiger partial charge in [-0.05, 0) is 63.2 Å². The molecule has 0 spiro atoms. The summed E-state index contributed by atoms with van der Waals surface area (Å²) in [6.45, 7) is 3.65. The zero-order chi connectivity index (χ0) is 37.1. The van der Waals surface area contributed by atoms with Gasteiger partial charge in [-0.25, -0.2) is 27.5 Å². The summed E-state index contributed by atoms with van der Waals surface area (Å²) in [6, 6.07) is 17.9. The van der Waals surface area contributed by atoms with Crippen molar-refractivity contribution in [2.75, 3.05) is 19.9 Å². The number of aryl methyl sites for hydroxylation is 1. The van der Waals surface area contributed by atoms with Crippen molar-refractivity contribution in [1.29, 1.82) is 0 Å². The molecule has 3 aromatic carbocycles. The van der Waals surface area contributed by atoms with Gasteiger partial charge in [-0.15, -0.1) is 5.01 Å². The Morgan fingerprint density at radius 2 is 1.63 bits per heavy atom. The zero-order valence-corrected chi connectivity index (χ0v) is 28.0. The second-order valence-corrected chi connectivity index (χ2v) is 13.0. The number of sulfonamides is 1. The molecule has 1 aliphatic rings. The lowest BCUT2D eigenvalue weighted by molar-refractivity contribution is -0.717. The number of benzene rings is 3. The van der Waals surface area contributed by atoms with Gasteiger partial charge in [0.25, 0.3) is 21.8 Å². The predicted octanol–water partition coefficient (Wildman–Crippen LogP) is 5.05. The summed E-state index contributed by atoms with van der Waals surface area (Å²) < 4.78 is 74.0. The SMILES string of the molecule is Cc1ccc(-c2cc(C(F)(F)F)nn2-c2ccc(S(=O)(=O)NC(=O)OCCN(C(C)C)/[N+]([O-])=N/OCN3C(=O)c4ccccc4C3=O)cc2)cc1. The summed E-state index contributed by atoms with van der Waals surface area (Å²) in [5.41, 5.74) is 0.818. The minimum atomic E-state index is -4.73. The largest absolute Gasteiger partial charge is 0.569 e. The molecule has 0 atom stereocenters. The Morgan fingerprint density at radius 3 is 2.20 bits per heavy atom. The minimum absolute atomic E-state index is 0.0317. The van der Waals surface area contributed by atoms with E-state index in [4.69, 9.17) is 9.57 Å². The van der Waals surface area contributed by atoms with Crippen LogP contribution in [0.5, 0.6) is 0 Å². The van der Waals surface area contributed by atoms with Crippen LogP contribution in [0, 0.1) is 12.1 Å². The molecular weight excluding hydrogens is 699 g/mol. The van der Waals surface area contributed by atoms with E-state index in [2.05, 4.69) is 10.4 Å². The summed E-state index contributed by atoms with van der Waals surface area (Å²) in [5, 5.41) is 20.7. The number of nitrogens with zero attached hydrogens (tertiary/aromatic N) is 6. The second kappa shape index (κ2) is 14.5. The number of imide groups is 1. The average Bonchev–Trinajstić information content (AvgIpc) is 3.63. The third-order valence-electron chi connectivity index (χ3n) is 7.52. The smallest absolute Gasteiger partial charge is 0.435 e. The third kappa shape index (κ3) is 8.09. The lowest BCUT2D eigenvalue weighted by atomic mass is 10.1. The second-order valence-electron chi connectivity index (χ2n) is 11.4. The predicted molar refractivity (Wildman–Crippen MR) is 171 cm³/mol. The molecule has 0 aliphatic carbocycles. The maximum Gasteiger partial charge on any atom is 0.435 e. The quantitative estimate of drug-likeness (QED) is 0.0898. The summed E-state index contributed by atoms with van der Waals surface area (Å²) in [5.74, 6) is -1.22. The molecule has 2 heterocycles. The summed E-state index contributed by atoms with van der Waals surface area (Å²) in [4.78, 5) is 42.6. The highest BCUT2D eigenvalue weighted by atomic mass is 32.2. The number of carbonyl (C=O) groups excluding carboxylic acids is 3. The topological polar surface area (TPSA) is 179 Å². The number of nitrogens with one attached hydrogen (secondary N) is 1. The van der Waals surface area contributed by atoms with Gasteiger partial charge in [-0.1, -0.05) is 42.0 Å². The van der Waals surface area contributed by atoms with E-state index in [1.165, 1.54) is 24.3 Å². The Bertz CT molecular complexity index is 2050. The molecule has 0 saturated heterocycles. The van der Waals surface area contributed by atoms with E-state index in [0.717, 1.165) is 38.4 Å². The molecule has 1 aromatic heterocycles. The Balaban J connectivity index is 1.18. The molecule has 4 aromatic rings. The number of ether oxygens (including phenoxy) is 1. The van der Waals surface area contributed by atoms with Gasteiger partial charge in [0.05, 0.1) is 38.4 Å². The molecule has 0 fully saturated rings. The number of hydrogen-bond donors (Lipinski definition) is 1. The van der Waals surface area contributed by atoms with Crippen molar-refractivity contribution in [3.63, 3.8) is 0 Å². The average molecular weight is 730 g/mol. The van der Waals surface area contributed by atoms with Crippen molar-refractivity contribution in [3.8, 4) is 16.9 Å². The number of fused-ring (bicyclic) bond motifs is 1. The van der Waals surface area contributed by atoms with Crippen molar-refractivity contribution in [3.05, 3.63) is 106 Å². The van der Waals surface area contributed by atoms with E-state index in [0.29, 0.717) is 5.56 Å². The number of aromatic nitrogens is 2. The van der Waals surface area contributed by atoms with Crippen LogP contribution in [0.25, 0.3) is 16.9 Å². The van der Waals surface area contributed by atoms with E-state index in [1.54, 1.807) is 55.0 Å². The number of alkyl halides is 3. The fourth-order valence-corrected chi connectivity index (χ4v) is 5.81. The van der Waals surface area contributed by atoms with Crippen LogP contribution in [0.4, 0.5) is 18.0 Å². The first-order valence-electron chi connectivity index (χ1n) is 15.1. The van der Waals surface area contributed by atoms with Gasteiger partial charge in [0.15, 0.2) is 5.69 Å². The van der Waals surface area contributed by atoms with Gasteiger partial charge in [0, 0.05) is 5.56 Å². The molecule has 0 radical (unpaired) electrons. The van der Waals surface area contributed by atoms with Crippen LogP contribution < -0.4 is 4.72 Å². The Morgan fingerprint density at radius 1 is 1.02 bits per heavy atom. The monoisotopic (exact) mass is 729 g/mol. The molecule has 5 rings (SSSR count). The molecule has 268 valence electrons. The highest BCUT2D eigenvalue weighted by molar-refractivity contribution is 7.90. The first-order valence-corrected chi connectivity index (χ1v) is 16.6. The number of hydrazine groups is 1. The van der Waals surface area contributed by atoms with Gasteiger partial charge < -0.3 is 14.8 Å². The van der Waals surface area contributed by atoms with Crippen molar-refractivity contribution >= 4 is 27.9 Å². The molecule has 0 saturated carbocycles. The van der Waals surface area contributed by atoms with Crippen LogP contribution >= 0.6 is 0 Å². The van der Waals surface area contributed by atoms with Crippen LogP contribution in [0.3, 0.4) is 0 Å². The molecule has 3 amide bonds. The van der Waals surface area contributed by atoms with Crippen molar-refractivity contribution in [1.82, 2.24) is 24.4 Å². The fourth-order valence-electron chi connectivity index (χ4n) is 4.92. The number of hydrogen-bond acceptors (Lipinski definition) is 10. The Kier molecular flexibility index (Phi) is 10.3. The van der Waals surface area contributed by atoms with Gasteiger partial charge in [-0.3, -0.25) is 9.59 Å². The molecule has 1 aliphatic heterocycles. The van der Waals surface area contributed by atoms with E-state index >= 15 is 0 Å². The first kappa shape index (κ1) is 36.3. The first-order chi connectivity index (χ1) is 24.1. The summed E-state index contributed by atoms with van der Waals surface area (Å²) in [6.07, 6.45) is -6.11. The van der Waals surface area contributed by atoms with Crippen LogP contribution in [-0.2, 0) is 25.8 Å². The standard InChI is InChI=1S/C32H30F3N7O8S/c1-20(2)40(42(46)38-50-19-39-29(43)25-6-4-5-7-26(25)30(39)44)16-17-49-31(45)37-51(47,48)24-14-12-23(13-15-24)41-27(18-28(36-41)32(33,34)35)22-10-8-21(3)9-11-22/h4-15,18,20H,16-17,19H2,1-3H3,(H,37,45)/b42-38-. The minimum Gasteiger partial charge on any atom is -0.569 e. The van der Waals surface area contributed by atoms with Crippen LogP contribution in [0.2, 0.25) is 0 Å². The van der Waals surface area contributed by atoms with Crippen LogP contribution in [0.15, 0.2) is 89.0 Å². The lowest BCUT2D eigenvalue weighted by Gasteiger charge is -2.21. The lowest BCUT2D eigenvalue weighted by Crippen LogP contribution is -2.41. The summed E-state index contributed by atoms with van der Waals surface area (Å²) >= 11 is 0. The van der Waals surface area contributed by atoms with E-state index in [-0.39, 0.29) is 34.0 Å². The number of carbonyl (C=O) groups is 3. The van der Waals surface area contributed by atoms with E-state index in [9.17, 15) is 41.2 Å². The van der Waals surface area contributed by atoms with Gasteiger partial charge in [0.2, 0.25) is 12.0 Å². The number of amides is 3. The normalized spacial score (nSPS) is 13.4. The molecular formula is C32H30F3N7O8S. The van der Waals surface area contributed by atoms with Gasteiger partial charge in [-0.2, -0.15) is 18.3 Å². The maximum atomic E-state index is 13.5. The molecule has 1 N–H and O–H groups in total. The highest BCUT2D eigenvalue weighted by Crippen LogP contribution is 2.33. The molecule has 0 unspecified atom stereocenters.